The van der Waals surface area contributed by atoms with E-state index in [-0.39, 0.29) is 29.6 Å². The normalized spacial score (nSPS) is 21.7. The van der Waals surface area contributed by atoms with Crippen LogP contribution < -0.4 is 0 Å². The van der Waals surface area contributed by atoms with Crippen molar-refractivity contribution >= 4 is 39.3 Å². The lowest BCUT2D eigenvalue weighted by Crippen LogP contribution is -2.50. The number of nitro benzene ring substituents is 1. The molecule has 1 fully saturated rings. The molecule has 0 spiro atoms. The van der Waals surface area contributed by atoms with Gasteiger partial charge in [-0.2, -0.15) is 5.01 Å². The third-order valence-electron chi connectivity index (χ3n) is 8.45. The number of hydrogen-bond acceptors (Lipinski definition) is 5. The van der Waals surface area contributed by atoms with Gasteiger partial charge in [0.1, 0.15) is 0 Å². The summed E-state index contributed by atoms with van der Waals surface area (Å²) >= 11 is 3.41. The Kier molecular flexibility index (Phi) is 5.86. The minimum atomic E-state index is -0.667. The number of hydrogen-bond donors (Lipinski definition) is 0. The van der Waals surface area contributed by atoms with E-state index in [4.69, 9.17) is 0 Å². The van der Waals surface area contributed by atoms with Gasteiger partial charge in [-0.25, -0.2) is 5.01 Å². The third kappa shape index (κ3) is 3.83. The van der Waals surface area contributed by atoms with Crippen molar-refractivity contribution in [2.24, 2.45) is 11.8 Å². The number of rotatable bonds is 5. The van der Waals surface area contributed by atoms with Gasteiger partial charge < -0.3 is 0 Å². The highest BCUT2D eigenvalue weighted by Gasteiger charge is 2.63. The zero-order valence-electron chi connectivity index (χ0n) is 21.5. The predicted molar refractivity (Wildman–Crippen MR) is 153 cm³/mol. The Morgan fingerprint density at radius 1 is 0.780 bits per heavy atom. The van der Waals surface area contributed by atoms with E-state index in [1.165, 1.54) is 24.3 Å². The molecule has 2 atom stereocenters. The first-order valence-electron chi connectivity index (χ1n) is 13.2. The van der Waals surface area contributed by atoms with Crippen molar-refractivity contribution in [1.29, 1.82) is 0 Å². The molecule has 0 unspecified atom stereocenters. The fourth-order valence-electron chi connectivity index (χ4n) is 6.80. The summed E-state index contributed by atoms with van der Waals surface area (Å²) in [5.41, 5.74) is 4.58. The number of amides is 3. The minimum absolute atomic E-state index is 0.0151. The largest absolute Gasteiger partial charge is 0.273 e. The van der Waals surface area contributed by atoms with Gasteiger partial charge >= 0.3 is 0 Å². The summed E-state index contributed by atoms with van der Waals surface area (Å²) in [4.78, 5) is 53.6. The summed E-state index contributed by atoms with van der Waals surface area (Å²) in [5, 5.41) is 13.6. The Morgan fingerprint density at radius 2 is 1.29 bits per heavy atom. The Hall–Kier alpha value is -4.63. The fraction of sp³-hybridized carbons (Fsp3) is 0.156. The fourth-order valence-corrected chi connectivity index (χ4v) is 7.06. The van der Waals surface area contributed by atoms with Crippen LogP contribution in [0, 0.1) is 22.0 Å². The van der Waals surface area contributed by atoms with Crippen LogP contribution in [0.1, 0.15) is 50.0 Å². The van der Waals surface area contributed by atoms with E-state index in [2.05, 4.69) is 15.9 Å². The monoisotopic (exact) mass is 607 g/mol. The van der Waals surface area contributed by atoms with Crippen LogP contribution in [-0.4, -0.2) is 32.7 Å². The van der Waals surface area contributed by atoms with Gasteiger partial charge in [0, 0.05) is 34.0 Å². The standard InChI is InChI=1S/C32H22BrN3O5/c33-20-14-12-18(13-15-20)17-34(30(37)19-6-5-7-21(16-19)36(40)41)35-31(38)28-26-22-8-1-2-9-23(22)27(29(28)32(35)39)25-11-4-3-10-24(25)26/h1-16,26-29H,17H2/t26?,27?,28-,29-/m1/s1. The maximum atomic E-state index is 14.4. The van der Waals surface area contributed by atoms with Crippen LogP contribution in [0.25, 0.3) is 0 Å². The highest BCUT2D eigenvalue weighted by molar-refractivity contribution is 9.10. The van der Waals surface area contributed by atoms with Crippen LogP contribution in [0.5, 0.6) is 0 Å². The molecule has 0 saturated carbocycles. The first-order valence-corrected chi connectivity index (χ1v) is 14.0. The molecule has 0 aromatic heterocycles. The maximum Gasteiger partial charge on any atom is 0.273 e. The number of carbonyl (C=O) groups is 3. The molecule has 3 aliphatic carbocycles. The summed E-state index contributed by atoms with van der Waals surface area (Å²) < 4.78 is 0.837. The van der Waals surface area contributed by atoms with E-state index >= 15 is 0 Å². The molecule has 0 N–H and O–H groups in total. The van der Waals surface area contributed by atoms with Crippen LogP contribution in [-0.2, 0) is 16.1 Å². The molecule has 1 heterocycles. The Balaban J connectivity index is 1.35. The molecule has 41 heavy (non-hydrogen) atoms. The second-order valence-electron chi connectivity index (χ2n) is 10.5. The lowest BCUT2D eigenvalue weighted by Gasteiger charge is -2.45. The average molecular weight is 608 g/mol. The van der Waals surface area contributed by atoms with Gasteiger partial charge in [0.25, 0.3) is 23.4 Å². The molecule has 8 nitrogen and oxygen atoms in total. The molecule has 4 aromatic rings. The SMILES string of the molecule is O=C(c1cccc([N+](=O)[O-])c1)N(Cc1ccc(Br)cc1)N1C(=O)[C@@H]2C3c4ccccc4C(c4ccccc43)[C@H]2C1=O. The van der Waals surface area contributed by atoms with Crippen molar-refractivity contribution in [2.45, 2.75) is 18.4 Å². The molecule has 202 valence electrons. The lowest BCUT2D eigenvalue weighted by atomic mass is 9.55. The van der Waals surface area contributed by atoms with Gasteiger partial charge in [-0.3, -0.25) is 24.5 Å². The highest BCUT2D eigenvalue weighted by Crippen LogP contribution is 2.61. The number of nitro groups is 1. The molecular formula is C32H22BrN3O5. The quantitative estimate of drug-likeness (QED) is 0.162. The van der Waals surface area contributed by atoms with Crippen molar-refractivity contribution in [3.05, 3.63) is 145 Å². The molecule has 1 saturated heterocycles. The topological polar surface area (TPSA) is 101 Å². The number of carbonyl (C=O) groups excluding carboxylic acids is 3. The molecule has 0 radical (unpaired) electrons. The predicted octanol–water partition coefficient (Wildman–Crippen LogP) is 5.81. The third-order valence-corrected chi connectivity index (χ3v) is 8.98. The number of benzene rings is 4. The molecule has 1 aliphatic heterocycles. The number of non-ortho nitro benzene ring substituents is 1. The summed E-state index contributed by atoms with van der Waals surface area (Å²) in [6.45, 7) is -0.0685. The van der Waals surface area contributed by atoms with Crippen LogP contribution in [0.2, 0.25) is 0 Å². The van der Waals surface area contributed by atoms with Gasteiger partial charge in [-0.15, -0.1) is 0 Å². The van der Waals surface area contributed by atoms with Crippen molar-refractivity contribution in [2.75, 3.05) is 0 Å². The van der Waals surface area contributed by atoms with E-state index in [0.29, 0.717) is 5.56 Å². The van der Waals surface area contributed by atoms with E-state index < -0.39 is 34.5 Å². The smallest absolute Gasteiger partial charge is 0.272 e. The molecule has 2 bridgehead atoms. The van der Waals surface area contributed by atoms with Crippen LogP contribution in [0.15, 0.2) is 102 Å². The average Bonchev–Trinajstić information content (AvgIpc) is 3.26. The molecule has 8 rings (SSSR count). The van der Waals surface area contributed by atoms with Gasteiger partial charge in [-0.1, -0.05) is 82.7 Å². The van der Waals surface area contributed by atoms with Gasteiger partial charge in [0.2, 0.25) is 0 Å². The zero-order valence-corrected chi connectivity index (χ0v) is 23.1. The van der Waals surface area contributed by atoms with Gasteiger partial charge in [0.05, 0.1) is 23.3 Å². The first-order chi connectivity index (χ1) is 19.8. The molecule has 4 aliphatic rings. The van der Waals surface area contributed by atoms with E-state index in [1.807, 2.05) is 60.7 Å². The van der Waals surface area contributed by atoms with Crippen molar-refractivity contribution in [3.63, 3.8) is 0 Å². The second-order valence-corrected chi connectivity index (χ2v) is 11.5. The number of halogens is 1. The van der Waals surface area contributed by atoms with Crippen molar-refractivity contribution < 1.29 is 19.3 Å². The molecule has 4 aromatic carbocycles. The maximum absolute atomic E-state index is 14.4. The van der Waals surface area contributed by atoms with Gasteiger partial charge in [0.15, 0.2) is 0 Å². The first kappa shape index (κ1) is 25.3. The summed E-state index contributed by atoms with van der Waals surface area (Å²) in [6, 6.07) is 28.4. The second kappa shape index (κ2) is 9.49. The Labute approximate surface area is 243 Å². The van der Waals surface area contributed by atoms with E-state index in [0.717, 1.165) is 36.7 Å². The summed E-state index contributed by atoms with van der Waals surface area (Å²) in [5.74, 6) is -3.50. The zero-order chi connectivity index (χ0) is 28.4. The van der Waals surface area contributed by atoms with Crippen molar-refractivity contribution in [3.8, 4) is 0 Å². The number of imide groups is 1. The molecule has 9 heteroatoms. The molecule has 3 amide bonds. The highest BCUT2D eigenvalue weighted by atomic mass is 79.9. The lowest BCUT2D eigenvalue weighted by molar-refractivity contribution is -0.384. The van der Waals surface area contributed by atoms with Crippen LogP contribution >= 0.6 is 15.9 Å². The Bertz CT molecular complexity index is 1660. The minimum Gasteiger partial charge on any atom is -0.272 e. The van der Waals surface area contributed by atoms with E-state index in [1.54, 1.807) is 12.1 Å². The number of nitrogens with zero attached hydrogens (tertiary/aromatic N) is 3. The van der Waals surface area contributed by atoms with E-state index in [9.17, 15) is 24.5 Å². The Morgan fingerprint density at radius 3 is 1.78 bits per heavy atom. The van der Waals surface area contributed by atoms with Crippen molar-refractivity contribution in [1.82, 2.24) is 10.0 Å². The summed E-state index contributed by atoms with van der Waals surface area (Å²) in [6.07, 6.45) is 0. The molecular weight excluding hydrogens is 586 g/mol. The van der Waals surface area contributed by atoms with Crippen LogP contribution in [0.3, 0.4) is 0 Å². The number of hydrazine groups is 1. The summed E-state index contributed by atoms with van der Waals surface area (Å²) in [7, 11) is 0. The van der Waals surface area contributed by atoms with Gasteiger partial charge in [-0.05, 0) is 46.0 Å². The van der Waals surface area contributed by atoms with Crippen LogP contribution in [0.4, 0.5) is 5.69 Å².